The van der Waals surface area contributed by atoms with Crippen LogP contribution in [0.3, 0.4) is 0 Å². The van der Waals surface area contributed by atoms with Gasteiger partial charge >= 0.3 is 0 Å². The van der Waals surface area contributed by atoms with Crippen LogP contribution in [0.1, 0.15) is 17.2 Å². The Hall–Kier alpha value is -1.21. The second-order valence-electron chi connectivity index (χ2n) is 7.77. The van der Waals surface area contributed by atoms with E-state index in [0.29, 0.717) is 49.1 Å². The molecule has 0 amide bonds. The molecule has 0 N–H and O–H groups in total. The van der Waals surface area contributed by atoms with Crippen LogP contribution in [0.4, 0.5) is 8.78 Å². The van der Waals surface area contributed by atoms with E-state index in [2.05, 4.69) is 36.8 Å². The van der Waals surface area contributed by atoms with Gasteiger partial charge < -0.3 is 4.74 Å². The Morgan fingerprint density at radius 3 is 2.26 bits per heavy atom. The zero-order chi connectivity index (χ0) is 24.3. The van der Waals surface area contributed by atoms with Crippen molar-refractivity contribution in [1.82, 2.24) is 9.21 Å². The van der Waals surface area contributed by atoms with Crippen LogP contribution < -0.4 is 0 Å². The molecule has 11 heteroatoms. The van der Waals surface area contributed by atoms with Gasteiger partial charge in [-0.3, -0.25) is 4.90 Å². The third-order valence-corrected chi connectivity index (χ3v) is 11.2. The summed E-state index contributed by atoms with van der Waals surface area (Å²) in [6.07, 6.45) is -0.534. The van der Waals surface area contributed by atoms with Gasteiger partial charge in [0.05, 0.1) is 10.4 Å². The van der Waals surface area contributed by atoms with Gasteiger partial charge in [-0.25, -0.2) is 17.2 Å². The molecule has 2 aromatic carbocycles. The molecule has 2 heterocycles. The van der Waals surface area contributed by atoms with Crippen LogP contribution in [0.2, 0.25) is 0 Å². The van der Waals surface area contributed by atoms with E-state index < -0.39 is 27.8 Å². The zero-order valence-electron chi connectivity index (χ0n) is 18.0. The minimum atomic E-state index is -3.53. The fourth-order valence-electron chi connectivity index (χ4n) is 3.76. The van der Waals surface area contributed by atoms with Gasteiger partial charge in [0.1, 0.15) is 10.3 Å². The van der Waals surface area contributed by atoms with Crippen molar-refractivity contribution < 1.29 is 21.9 Å². The highest BCUT2D eigenvalue weighted by molar-refractivity contribution is 9.13. The van der Waals surface area contributed by atoms with Gasteiger partial charge in [-0.05, 0) is 61.2 Å². The molecule has 1 atom stereocenters. The first-order valence-electron chi connectivity index (χ1n) is 10.5. The maximum Gasteiger partial charge on any atom is 0.252 e. The molecule has 3 aromatic rings. The molecule has 1 aliphatic heterocycles. The summed E-state index contributed by atoms with van der Waals surface area (Å²) in [5.74, 6) is -1.81. The number of sulfonamides is 1. The summed E-state index contributed by atoms with van der Waals surface area (Å²) in [5.41, 5.74) is 1.38. The monoisotopic (exact) mass is 634 g/mol. The zero-order valence-corrected chi connectivity index (χ0v) is 22.8. The summed E-state index contributed by atoms with van der Waals surface area (Å²) in [5, 5.41) is 0. The van der Waals surface area contributed by atoms with Crippen LogP contribution >= 0.6 is 43.2 Å². The molecule has 1 fully saturated rings. The predicted molar refractivity (Wildman–Crippen MR) is 136 cm³/mol. The van der Waals surface area contributed by atoms with E-state index in [4.69, 9.17) is 4.74 Å². The number of ether oxygens (including phenoxy) is 1. The summed E-state index contributed by atoms with van der Waals surface area (Å²) in [6.45, 7) is 2.89. The molecule has 5 nitrogen and oxygen atoms in total. The van der Waals surface area contributed by atoms with Crippen LogP contribution in [-0.2, 0) is 14.8 Å². The Morgan fingerprint density at radius 2 is 1.65 bits per heavy atom. The summed E-state index contributed by atoms with van der Waals surface area (Å²) in [7, 11) is -3.53. The lowest BCUT2D eigenvalue weighted by molar-refractivity contribution is 0.0525. The minimum absolute atomic E-state index is 0.306. The van der Waals surface area contributed by atoms with E-state index in [-0.39, 0.29) is 0 Å². The van der Waals surface area contributed by atoms with E-state index in [1.54, 1.807) is 6.07 Å². The highest BCUT2D eigenvalue weighted by Gasteiger charge is 2.30. The number of rotatable bonds is 8. The smallest absolute Gasteiger partial charge is 0.252 e. The van der Waals surface area contributed by atoms with Crippen molar-refractivity contribution in [1.29, 1.82) is 0 Å². The Morgan fingerprint density at radius 1 is 0.941 bits per heavy atom. The lowest BCUT2D eigenvalue weighted by Gasteiger charge is -2.33. The van der Waals surface area contributed by atoms with E-state index in [9.17, 15) is 17.2 Å². The average Bonchev–Trinajstić information content (AvgIpc) is 3.18. The highest BCUT2D eigenvalue weighted by Crippen LogP contribution is 2.36. The van der Waals surface area contributed by atoms with Crippen molar-refractivity contribution in [3.8, 4) is 0 Å². The maximum absolute atomic E-state index is 13.9. The number of hydrogen-bond acceptors (Lipinski definition) is 5. The first kappa shape index (κ1) is 25.9. The average molecular weight is 636 g/mol. The van der Waals surface area contributed by atoms with Gasteiger partial charge in [0.15, 0.2) is 11.6 Å². The Balaban J connectivity index is 1.35. The molecule has 1 aromatic heterocycles. The van der Waals surface area contributed by atoms with Crippen molar-refractivity contribution >= 4 is 53.2 Å². The predicted octanol–water partition coefficient (Wildman–Crippen LogP) is 5.66. The third kappa shape index (κ3) is 5.95. The lowest BCUT2D eigenvalue weighted by atomic mass is 10.0. The van der Waals surface area contributed by atoms with Crippen molar-refractivity contribution in [3.63, 3.8) is 0 Å². The van der Waals surface area contributed by atoms with E-state index in [1.807, 2.05) is 30.3 Å². The summed E-state index contributed by atoms with van der Waals surface area (Å²) in [4.78, 5) is 2.14. The number of benzene rings is 2. The van der Waals surface area contributed by atoms with Crippen LogP contribution in [0.25, 0.3) is 0 Å². The molecule has 0 radical (unpaired) electrons. The second-order valence-corrected chi connectivity index (χ2v) is 13.2. The van der Waals surface area contributed by atoms with Crippen molar-refractivity contribution in [3.05, 3.63) is 85.6 Å². The minimum Gasteiger partial charge on any atom is -0.367 e. The molecule has 0 bridgehead atoms. The first-order chi connectivity index (χ1) is 16.3. The first-order valence-corrected chi connectivity index (χ1v) is 14.4. The molecule has 182 valence electrons. The Bertz CT molecular complexity index is 1210. The fraction of sp³-hybridized carbons (Fsp3) is 0.304. The molecular weight excluding hydrogens is 614 g/mol. The molecule has 0 saturated carbocycles. The Kier molecular flexibility index (Phi) is 8.55. The van der Waals surface area contributed by atoms with E-state index in [1.165, 1.54) is 21.7 Å². The SMILES string of the molecule is O=S(=O)(c1cc(Br)c(Br)s1)N1CCN(CCO[C@H](c2ccccc2)c2ccc(F)c(F)c2)CC1. The van der Waals surface area contributed by atoms with Gasteiger partial charge in [0, 0.05) is 37.2 Å². The van der Waals surface area contributed by atoms with E-state index >= 15 is 0 Å². The molecule has 4 rings (SSSR count). The standard InChI is InChI=1S/C23H22Br2F2N2O3S2/c24-18-15-21(33-23(18)25)34(30,31)29-10-8-28(9-11-29)12-13-32-22(16-4-2-1-3-5-16)17-6-7-19(26)20(27)14-17/h1-7,14-15,22H,8-13H2/t22-/m1/s1. The van der Waals surface area contributed by atoms with Crippen molar-refractivity contribution in [2.45, 2.75) is 10.3 Å². The second kappa shape index (κ2) is 11.2. The summed E-state index contributed by atoms with van der Waals surface area (Å²) in [6, 6.07) is 14.8. The van der Waals surface area contributed by atoms with Gasteiger partial charge in [-0.2, -0.15) is 4.31 Å². The summed E-state index contributed by atoms with van der Waals surface area (Å²) >= 11 is 7.88. The molecule has 0 spiro atoms. The molecule has 0 aliphatic carbocycles. The van der Waals surface area contributed by atoms with Crippen LogP contribution in [0, 0.1) is 11.6 Å². The molecular formula is C23H22Br2F2N2O3S2. The number of halogens is 4. The molecule has 1 saturated heterocycles. The normalized spacial score (nSPS) is 16.6. The van der Waals surface area contributed by atoms with Crippen molar-refractivity contribution in [2.24, 2.45) is 0 Å². The van der Waals surface area contributed by atoms with Gasteiger partial charge in [-0.15, -0.1) is 11.3 Å². The molecule has 34 heavy (non-hydrogen) atoms. The molecule has 0 unspecified atom stereocenters. The number of thiophene rings is 1. The topological polar surface area (TPSA) is 49.9 Å². The van der Waals surface area contributed by atoms with Gasteiger partial charge in [0.2, 0.25) is 0 Å². The largest absolute Gasteiger partial charge is 0.367 e. The maximum atomic E-state index is 13.9. The van der Waals surface area contributed by atoms with Crippen LogP contribution in [-0.4, -0.2) is 57.0 Å². The van der Waals surface area contributed by atoms with Crippen molar-refractivity contribution in [2.75, 3.05) is 39.3 Å². The fourth-order valence-corrected chi connectivity index (χ4v) is 8.16. The molecule has 1 aliphatic rings. The number of piperazine rings is 1. The van der Waals surface area contributed by atoms with Crippen LogP contribution in [0.5, 0.6) is 0 Å². The summed E-state index contributed by atoms with van der Waals surface area (Å²) < 4.78 is 62.5. The Labute approximate surface area is 218 Å². The van der Waals surface area contributed by atoms with Gasteiger partial charge in [0.25, 0.3) is 10.0 Å². The quantitative estimate of drug-likeness (QED) is 0.320. The lowest BCUT2D eigenvalue weighted by Crippen LogP contribution is -2.49. The third-order valence-electron chi connectivity index (χ3n) is 5.59. The number of nitrogens with zero attached hydrogens (tertiary/aromatic N) is 2. The van der Waals surface area contributed by atoms with Gasteiger partial charge in [-0.1, -0.05) is 36.4 Å². The number of hydrogen-bond donors (Lipinski definition) is 0. The van der Waals surface area contributed by atoms with Crippen LogP contribution in [0.15, 0.2) is 67.1 Å². The highest BCUT2D eigenvalue weighted by atomic mass is 79.9. The van der Waals surface area contributed by atoms with E-state index in [0.717, 1.165) is 26.0 Å².